The lowest BCUT2D eigenvalue weighted by molar-refractivity contribution is 0.0703. The predicted molar refractivity (Wildman–Crippen MR) is 111 cm³/mol. The molecule has 0 saturated heterocycles. The highest BCUT2D eigenvalue weighted by Gasteiger charge is 2.28. The first-order valence-electron chi connectivity index (χ1n) is 9.03. The Morgan fingerprint density at radius 2 is 2.00 bits per heavy atom. The van der Waals surface area contributed by atoms with E-state index in [1.165, 1.54) is 24.5 Å². The molecule has 30 heavy (non-hydrogen) atoms. The van der Waals surface area contributed by atoms with Gasteiger partial charge in [0.2, 0.25) is 11.5 Å². The summed E-state index contributed by atoms with van der Waals surface area (Å²) in [7, 11) is 1.53. The third kappa shape index (κ3) is 3.15. The van der Waals surface area contributed by atoms with Crippen molar-refractivity contribution in [3.8, 4) is 17.2 Å². The minimum Gasteiger partial charge on any atom is -0.493 e. The van der Waals surface area contributed by atoms with Crippen LogP contribution < -0.4 is 14.2 Å². The number of ketones is 1. The van der Waals surface area contributed by atoms with Crippen molar-refractivity contribution in [3.63, 3.8) is 0 Å². The van der Waals surface area contributed by atoms with Crippen LogP contribution in [0.1, 0.15) is 25.8 Å². The molecule has 148 valence electrons. The summed E-state index contributed by atoms with van der Waals surface area (Å²) in [4.78, 5) is 26.0. The summed E-state index contributed by atoms with van der Waals surface area (Å²) >= 11 is 1.51. The normalized spacial score (nSPS) is 14.0. The highest BCUT2D eigenvalue weighted by Crippen LogP contribution is 2.36. The lowest BCUT2D eigenvalue weighted by Gasteiger charge is -2.04. The molecule has 6 nitrogen and oxygen atoms in total. The molecule has 2 aromatic heterocycles. The number of carbonyl (C=O) groups is 2. The molecule has 0 unspecified atom stereocenters. The van der Waals surface area contributed by atoms with Crippen LogP contribution in [0.5, 0.6) is 17.2 Å². The van der Waals surface area contributed by atoms with Crippen LogP contribution in [0.2, 0.25) is 0 Å². The summed E-state index contributed by atoms with van der Waals surface area (Å²) in [6.07, 6.45) is 1.69. The highest BCUT2D eigenvalue weighted by molar-refractivity contribution is 7.10. The van der Waals surface area contributed by atoms with Crippen LogP contribution in [0.25, 0.3) is 17.0 Å². The molecule has 1 aliphatic rings. The van der Waals surface area contributed by atoms with E-state index in [0.29, 0.717) is 22.6 Å². The first-order chi connectivity index (χ1) is 14.6. The Kier molecular flexibility index (Phi) is 4.37. The van der Waals surface area contributed by atoms with Crippen molar-refractivity contribution in [2.75, 3.05) is 7.11 Å². The zero-order valence-electron chi connectivity index (χ0n) is 15.7. The molecular weight excluding hydrogens is 404 g/mol. The Hall–Kier alpha value is -3.84. The maximum absolute atomic E-state index is 12.5. The van der Waals surface area contributed by atoms with E-state index in [-0.39, 0.29) is 23.1 Å². The van der Waals surface area contributed by atoms with E-state index in [9.17, 15) is 9.59 Å². The first kappa shape index (κ1) is 18.2. The molecule has 0 amide bonds. The second kappa shape index (κ2) is 7.20. The van der Waals surface area contributed by atoms with Crippen molar-refractivity contribution in [1.29, 1.82) is 0 Å². The van der Waals surface area contributed by atoms with Gasteiger partial charge in [-0.1, -0.05) is 18.2 Å². The fourth-order valence-electron chi connectivity index (χ4n) is 3.19. The molecule has 0 aliphatic carbocycles. The van der Waals surface area contributed by atoms with Crippen molar-refractivity contribution in [2.24, 2.45) is 0 Å². The molecule has 0 radical (unpaired) electrons. The van der Waals surface area contributed by atoms with E-state index < -0.39 is 5.97 Å². The number of para-hydroxylation sites is 1. The van der Waals surface area contributed by atoms with Crippen molar-refractivity contribution in [3.05, 3.63) is 81.9 Å². The number of methoxy groups -OCH3 is 1. The van der Waals surface area contributed by atoms with Gasteiger partial charge in [0, 0.05) is 22.4 Å². The average molecular weight is 418 g/mol. The van der Waals surface area contributed by atoms with Gasteiger partial charge < -0.3 is 18.6 Å². The Bertz CT molecular complexity index is 1310. The van der Waals surface area contributed by atoms with Crippen LogP contribution >= 0.6 is 11.3 Å². The van der Waals surface area contributed by atoms with Gasteiger partial charge in [0.05, 0.1) is 12.7 Å². The topological polar surface area (TPSA) is 75.0 Å². The number of carbonyl (C=O) groups excluding carboxylic acids is 2. The van der Waals surface area contributed by atoms with Crippen LogP contribution in [0, 0.1) is 0 Å². The van der Waals surface area contributed by atoms with Gasteiger partial charge in [0.1, 0.15) is 11.5 Å². The van der Waals surface area contributed by atoms with Crippen LogP contribution in [-0.2, 0) is 0 Å². The van der Waals surface area contributed by atoms with Crippen LogP contribution in [0.3, 0.4) is 0 Å². The number of rotatable bonds is 4. The van der Waals surface area contributed by atoms with Gasteiger partial charge in [0.25, 0.3) is 0 Å². The summed E-state index contributed by atoms with van der Waals surface area (Å²) in [5.41, 5.74) is 0.893. The van der Waals surface area contributed by atoms with E-state index in [1.807, 2.05) is 29.6 Å². The van der Waals surface area contributed by atoms with Crippen molar-refractivity contribution in [1.82, 2.24) is 0 Å². The summed E-state index contributed by atoms with van der Waals surface area (Å²) in [5, 5.41) is 2.65. The second-order valence-electron chi connectivity index (χ2n) is 6.49. The quantitative estimate of drug-likeness (QED) is 0.253. The van der Waals surface area contributed by atoms with Crippen molar-refractivity contribution in [2.45, 2.75) is 0 Å². The van der Waals surface area contributed by atoms with Crippen LogP contribution in [0.15, 0.2) is 70.2 Å². The molecule has 0 spiro atoms. The smallest absolute Gasteiger partial charge is 0.379 e. The van der Waals surface area contributed by atoms with Crippen LogP contribution in [0.4, 0.5) is 0 Å². The minimum atomic E-state index is -0.660. The molecular formula is C23H14O6S. The zero-order chi connectivity index (χ0) is 20.7. The standard InChI is InChI=1S/C23H14O6S/c1-26-17-6-2-4-13-10-20(29-22(13)17)23(25)27-14-7-8-16-18(11-14)28-19(21(16)24)12-15-5-3-9-30-15/h2-12H,1H3/b19-12-. The molecule has 0 atom stereocenters. The van der Waals surface area contributed by atoms with E-state index in [2.05, 4.69) is 0 Å². The highest BCUT2D eigenvalue weighted by atomic mass is 32.1. The largest absolute Gasteiger partial charge is 0.493 e. The number of fused-ring (bicyclic) bond motifs is 2. The number of thiophene rings is 1. The van der Waals surface area contributed by atoms with Crippen molar-refractivity contribution < 1.29 is 28.2 Å². The molecule has 0 fully saturated rings. The van der Waals surface area contributed by atoms with Crippen LogP contribution in [-0.4, -0.2) is 18.9 Å². The fraction of sp³-hybridized carbons (Fsp3) is 0.0435. The minimum absolute atomic E-state index is 0.0465. The third-order valence-electron chi connectivity index (χ3n) is 4.60. The van der Waals surface area contributed by atoms with E-state index in [1.54, 1.807) is 30.3 Å². The molecule has 5 rings (SSSR count). The summed E-state index contributed by atoms with van der Waals surface area (Å²) in [6.45, 7) is 0. The summed E-state index contributed by atoms with van der Waals surface area (Å²) < 4.78 is 22.0. The Labute approximate surface area is 174 Å². The SMILES string of the molecule is COc1cccc2cc(C(=O)Oc3ccc4c(c3)O/C(=C\c3cccs3)C4=O)oc12. The van der Waals surface area contributed by atoms with Gasteiger partial charge >= 0.3 is 5.97 Å². The number of benzene rings is 2. The Balaban J connectivity index is 1.39. The predicted octanol–water partition coefficient (Wildman–Crippen LogP) is 5.34. The number of allylic oxidation sites excluding steroid dienone is 1. The zero-order valence-corrected chi connectivity index (χ0v) is 16.5. The first-order valence-corrected chi connectivity index (χ1v) is 9.91. The molecule has 2 aromatic carbocycles. The van der Waals surface area contributed by atoms with Crippen molar-refractivity contribution >= 4 is 40.1 Å². The van der Waals surface area contributed by atoms with E-state index >= 15 is 0 Å². The number of furan rings is 1. The monoisotopic (exact) mass is 418 g/mol. The van der Waals surface area contributed by atoms with Gasteiger partial charge in [0.15, 0.2) is 17.1 Å². The average Bonchev–Trinajstić information content (AvgIpc) is 3.48. The number of hydrogen-bond donors (Lipinski definition) is 0. The lowest BCUT2D eigenvalue weighted by Crippen LogP contribution is -2.07. The second-order valence-corrected chi connectivity index (χ2v) is 7.47. The van der Waals surface area contributed by atoms with E-state index in [0.717, 1.165) is 10.3 Å². The molecule has 3 heterocycles. The molecule has 7 heteroatoms. The van der Waals surface area contributed by atoms with E-state index in [4.69, 9.17) is 18.6 Å². The molecule has 0 bridgehead atoms. The lowest BCUT2D eigenvalue weighted by atomic mass is 10.1. The molecule has 0 N–H and O–H groups in total. The van der Waals surface area contributed by atoms with Gasteiger partial charge in [-0.15, -0.1) is 11.3 Å². The number of ether oxygens (including phenoxy) is 3. The summed E-state index contributed by atoms with van der Waals surface area (Å²) in [5.74, 6) is 0.537. The molecule has 4 aromatic rings. The summed E-state index contributed by atoms with van der Waals surface area (Å²) in [6, 6.07) is 15.4. The fourth-order valence-corrected chi connectivity index (χ4v) is 3.83. The number of hydrogen-bond acceptors (Lipinski definition) is 7. The Morgan fingerprint density at radius 1 is 1.10 bits per heavy atom. The third-order valence-corrected chi connectivity index (χ3v) is 5.42. The maximum Gasteiger partial charge on any atom is 0.379 e. The Morgan fingerprint density at radius 3 is 2.80 bits per heavy atom. The van der Waals surface area contributed by atoms with Gasteiger partial charge in [-0.05, 0) is 35.7 Å². The van der Waals surface area contributed by atoms with Gasteiger partial charge in [-0.3, -0.25) is 4.79 Å². The van der Waals surface area contributed by atoms with Gasteiger partial charge in [-0.2, -0.15) is 0 Å². The van der Waals surface area contributed by atoms with Gasteiger partial charge in [-0.25, -0.2) is 4.79 Å². The molecule has 0 saturated carbocycles. The number of Topliss-reactive ketones (excluding diaryl/α,β-unsaturated/α-hetero) is 1. The molecule has 1 aliphatic heterocycles. The maximum atomic E-state index is 12.5. The number of esters is 1.